The maximum absolute atomic E-state index is 12.7. The fraction of sp³-hybridized carbons (Fsp3) is 0.100. The number of aromatic nitrogens is 2. The highest BCUT2D eigenvalue weighted by Crippen LogP contribution is 2.20. The van der Waals surface area contributed by atoms with Crippen LogP contribution >= 0.6 is 11.6 Å². The molecule has 7 heteroatoms. The minimum absolute atomic E-state index is 0.0346. The zero-order valence-corrected chi connectivity index (χ0v) is 15.2. The largest absolute Gasteiger partial charge is 0.380 e. The number of pyridine rings is 2. The fourth-order valence-corrected chi connectivity index (χ4v) is 2.62. The second-order valence-electron chi connectivity index (χ2n) is 5.81. The summed E-state index contributed by atoms with van der Waals surface area (Å²) in [4.78, 5) is 20.8. The zero-order chi connectivity index (χ0) is 19.1. The minimum atomic E-state index is -0.363. The third-order valence-corrected chi connectivity index (χ3v) is 4.18. The molecule has 2 aromatic heterocycles. The molecule has 3 rings (SSSR count). The maximum Gasteiger partial charge on any atom is 0.169 e. The summed E-state index contributed by atoms with van der Waals surface area (Å²) in [6.45, 7) is 0. The van der Waals surface area contributed by atoms with Crippen molar-refractivity contribution in [3.8, 4) is 0 Å². The quantitative estimate of drug-likeness (QED) is 0.284. The number of nitrogens with one attached hydrogen (secondary N) is 1. The van der Waals surface area contributed by atoms with Gasteiger partial charge in [0.15, 0.2) is 11.6 Å². The van der Waals surface area contributed by atoms with Crippen LogP contribution in [0.4, 0.5) is 0 Å². The molecule has 27 heavy (non-hydrogen) atoms. The Morgan fingerprint density at radius 2 is 1.81 bits per heavy atom. The van der Waals surface area contributed by atoms with Crippen LogP contribution < -0.4 is 11.2 Å². The lowest BCUT2D eigenvalue weighted by molar-refractivity contribution is 0.0968. The van der Waals surface area contributed by atoms with Gasteiger partial charge in [-0.15, -0.1) is 0 Å². The van der Waals surface area contributed by atoms with E-state index in [0.717, 1.165) is 5.56 Å². The summed E-state index contributed by atoms with van der Waals surface area (Å²) in [6, 6.07) is 15.5. The normalized spacial score (nSPS) is 12.4. The standard InChI is InChI=1S/C20H18ClN5O/c21-16-6-4-15(5-7-16)19(27)13-18(14-8-11-23-12-9-14)25-26-20(22)17-3-1-2-10-24-17/h1-12,18,25H,13H2,(H2,22,26). The monoisotopic (exact) mass is 379 g/mol. The summed E-state index contributed by atoms with van der Waals surface area (Å²) in [5, 5.41) is 4.81. The smallest absolute Gasteiger partial charge is 0.169 e. The number of ketones is 1. The summed E-state index contributed by atoms with van der Waals surface area (Å²) in [6.07, 6.45) is 5.18. The Morgan fingerprint density at radius 1 is 1.07 bits per heavy atom. The topological polar surface area (TPSA) is 93.3 Å². The molecule has 1 atom stereocenters. The molecule has 0 aliphatic rings. The number of benzene rings is 1. The van der Waals surface area contributed by atoms with E-state index in [0.29, 0.717) is 16.3 Å². The molecule has 3 N–H and O–H groups in total. The van der Waals surface area contributed by atoms with E-state index in [2.05, 4.69) is 20.5 Å². The molecule has 0 aliphatic heterocycles. The molecule has 2 heterocycles. The molecular formula is C20H18ClN5O. The van der Waals surface area contributed by atoms with Crippen molar-refractivity contribution in [3.05, 3.63) is 95.0 Å². The van der Waals surface area contributed by atoms with Gasteiger partial charge >= 0.3 is 0 Å². The van der Waals surface area contributed by atoms with Gasteiger partial charge in [-0.25, -0.2) is 0 Å². The number of carbonyl (C=O) groups is 1. The van der Waals surface area contributed by atoms with E-state index < -0.39 is 0 Å². The highest BCUT2D eigenvalue weighted by Gasteiger charge is 2.17. The van der Waals surface area contributed by atoms with Crippen molar-refractivity contribution in [3.63, 3.8) is 0 Å². The van der Waals surface area contributed by atoms with Crippen molar-refractivity contribution < 1.29 is 4.79 Å². The number of hydrogen-bond donors (Lipinski definition) is 2. The Morgan fingerprint density at radius 3 is 2.48 bits per heavy atom. The summed E-state index contributed by atoms with van der Waals surface area (Å²) >= 11 is 5.89. The van der Waals surface area contributed by atoms with Gasteiger partial charge in [-0.05, 0) is 54.1 Å². The number of nitrogens with zero attached hydrogens (tertiary/aromatic N) is 3. The molecule has 3 aromatic rings. The van der Waals surface area contributed by atoms with Crippen molar-refractivity contribution in [2.75, 3.05) is 0 Å². The minimum Gasteiger partial charge on any atom is -0.380 e. The molecule has 136 valence electrons. The van der Waals surface area contributed by atoms with Gasteiger partial charge in [0.25, 0.3) is 0 Å². The van der Waals surface area contributed by atoms with Crippen LogP contribution in [0.15, 0.2) is 78.3 Å². The second-order valence-corrected chi connectivity index (χ2v) is 6.24. The number of carbonyl (C=O) groups excluding carboxylic acids is 1. The van der Waals surface area contributed by atoms with Crippen LogP contribution in [-0.2, 0) is 0 Å². The number of nitrogens with two attached hydrogens (primary N) is 1. The van der Waals surface area contributed by atoms with E-state index in [4.69, 9.17) is 17.3 Å². The van der Waals surface area contributed by atoms with Gasteiger partial charge in [0.05, 0.1) is 6.04 Å². The van der Waals surface area contributed by atoms with Crippen molar-refractivity contribution in [2.24, 2.45) is 10.8 Å². The Hall–Kier alpha value is -3.25. The number of amidine groups is 1. The third kappa shape index (κ3) is 5.12. The average Bonchev–Trinajstić information content (AvgIpc) is 2.72. The van der Waals surface area contributed by atoms with E-state index in [1.54, 1.807) is 55.0 Å². The first-order chi connectivity index (χ1) is 13.1. The van der Waals surface area contributed by atoms with Gasteiger partial charge in [0, 0.05) is 35.6 Å². The number of hydrogen-bond acceptors (Lipinski definition) is 5. The fourth-order valence-electron chi connectivity index (χ4n) is 2.49. The van der Waals surface area contributed by atoms with Gasteiger partial charge in [0.2, 0.25) is 0 Å². The molecular weight excluding hydrogens is 362 g/mol. The van der Waals surface area contributed by atoms with E-state index >= 15 is 0 Å². The zero-order valence-electron chi connectivity index (χ0n) is 14.4. The van der Waals surface area contributed by atoms with Gasteiger partial charge in [-0.3, -0.25) is 14.8 Å². The molecule has 0 bridgehead atoms. The highest BCUT2D eigenvalue weighted by atomic mass is 35.5. The number of rotatable bonds is 7. The Kier molecular flexibility index (Phi) is 6.12. The van der Waals surface area contributed by atoms with Gasteiger partial charge in [0.1, 0.15) is 5.69 Å². The van der Waals surface area contributed by atoms with Crippen molar-refractivity contribution in [1.82, 2.24) is 15.4 Å². The molecule has 0 radical (unpaired) electrons. The lowest BCUT2D eigenvalue weighted by Gasteiger charge is -2.17. The van der Waals surface area contributed by atoms with Crippen LogP contribution in [0.25, 0.3) is 0 Å². The highest BCUT2D eigenvalue weighted by molar-refractivity contribution is 6.30. The van der Waals surface area contributed by atoms with Crippen LogP contribution in [0.1, 0.15) is 34.1 Å². The molecule has 0 aliphatic carbocycles. The molecule has 6 nitrogen and oxygen atoms in total. The van der Waals surface area contributed by atoms with Crippen molar-refractivity contribution >= 4 is 23.2 Å². The average molecular weight is 380 g/mol. The lowest BCUT2D eigenvalue weighted by atomic mass is 9.99. The molecule has 0 saturated heterocycles. The van der Waals surface area contributed by atoms with E-state index in [1.807, 2.05) is 18.2 Å². The lowest BCUT2D eigenvalue weighted by Crippen LogP contribution is -2.25. The first-order valence-electron chi connectivity index (χ1n) is 8.32. The summed E-state index contributed by atoms with van der Waals surface area (Å²) in [7, 11) is 0. The van der Waals surface area contributed by atoms with Crippen molar-refractivity contribution in [1.29, 1.82) is 0 Å². The molecule has 0 amide bonds. The van der Waals surface area contributed by atoms with E-state index in [-0.39, 0.29) is 24.1 Å². The first-order valence-corrected chi connectivity index (χ1v) is 8.70. The molecule has 0 saturated carbocycles. The van der Waals surface area contributed by atoms with Gasteiger partial charge in [-0.2, -0.15) is 5.10 Å². The van der Waals surface area contributed by atoms with Crippen LogP contribution in [0.3, 0.4) is 0 Å². The SMILES string of the molecule is N/C(=N\NC(CC(=O)c1ccc(Cl)cc1)c1ccncc1)c1ccccn1. The van der Waals surface area contributed by atoms with Crippen LogP contribution in [0.5, 0.6) is 0 Å². The Labute approximate surface area is 162 Å². The van der Waals surface area contributed by atoms with E-state index in [9.17, 15) is 4.79 Å². The Balaban J connectivity index is 1.79. The predicted octanol–water partition coefficient (Wildman–Crippen LogP) is 3.35. The summed E-state index contributed by atoms with van der Waals surface area (Å²) < 4.78 is 0. The Bertz CT molecular complexity index is 914. The molecule has 1 unspecified atom stereocenters. The van der Waals surface area contributed by atoms with Gasteiger partial charge in [-0.1, -0.05) is 17.7 Å². The predicted molar refractivity (Wildman–Crippen MR) is 105 cm³/mol. The molecule has 1 aromatic carbocycles. The van der Waals surface area contributed by atoms with Gasteiger partial charge < -0.3 is 11.2 Å². The van der Waals surface area contributed by atoms with Crippen LogP contribution in [-0.4, -0.2) is 21.6 Å². The maximum atomic E-state index is 12.7. The van der Waals surface area contributed by atoms with Crippen LogP contribution in [0.2, 0.25) is 5.02 Å². The molecule has 0 spiro atoms. The second kappa shape index (κ2) is 8.91. The third-order valence-electron chi connectivity index (χ3n) is 3.93. The number of halogens is 1. The summed E-state index contributed by atoms with van der Waals surface area (Å²) in [5.74, 6) is 0.209. The van der Waals surface area contributed by atoms with Crippen molar-refractivity contribution in [2.45, 2.75) is 12.5 Å². The molecule has 0 fully saturated rings. The number of hydrazone groups is 1. The van der Waals surface area contributed by atoms with Crippen LogP contribution in [0, 0.1) is 0 Å². The summed E-state index contributed by atoms with van der Waals surface area (Å²) in [5.41, 5.74) is 11.0. The van der Waals surface area contributed by atoms with E-state index in [1.165, 1.54) is 0 Å². The number of Topliss-reactive ketones (excluding diaryl/α,β-unsaturated/α-hetero) is 1. The first kappa shape index (κ1) is 18.5.